The SMILES string of the molecule is CCCCO.CCCCOC(=O)CO. The molecule has 0 heterocycles. The van der Waals surface area contributed by atoms with Gasteiger partial charge in [0.1, 0.15) is 6.61 Å². The van der Waals surface area contributed by atoms with Gasteiger partial charge in [0, 0.05) is 6.61 Å². The van der Waals surface area contributed by atoms with Gasteiger partial charge >= 0.3 is 5.97 Å². The first-order valence-electron chi connectivity index (χ1n) is 5.10. The predicted octanol–water partition coefficient (Wildman–Crippen LogP) is 1.10. The average Bonchev–Trinajstić information content (AvgIpc) is 2.20. The molecule has 0 unspecified atom stereocenters. The molecule has 0 bridgehead atoms. The first-order chi connectivity index (χ1) is 6.72. The lowest BCUT2D eigenvalue weighted by Crippen LogP contribution is -2.09. The number of hydrogen-bond acceptors (Lipinski definition) is 4. The van der Waals surface area contributed by atoms with Crippen molar-refractivity contribution in [3.63, 3.8) is 0 Å². The molecule has 0 rings (SSSR count). The second-order valence-corrected chi connectivity index (χ2v) is 2.81. The van der Waals surface area contributed by atoms with Crippen molar-refractivity contribution in [2.24, 2.45) is 0 Å². The van der Waals surface area contributed by atoms with Crippen LogP contribution in [-0.2, 0) is 9.53 Å². The smallest absolute Gasteiger partial charge is 0.331 e. The van der Waals surface area contributed by atoms with Crippen molar-refractivity contribution in [2.45, 2.75) is 39.5 Å². The normalized spacial score (nSPS) is 8.86. The molecule has 0 aliphatic carbocycles. The summed E-state index contributed by atoms with van der Waals surface area (Å²) in [5, 5.41) is 16.2. The number of carbonyl (C=O) groups is 1. The number of rotatable bonds is 6. The minimum atomic E-state index is -0.538. The maximum Gasteiger partial charge on any atom is 0.331 e. The van der Waals surface area contributed by atoms with E-state index in [4.69, 9.17) is 10.2 Å². The van der Waals surface area contributed by atoms with E-state index in [1.165, 1.54) is 0 Å². The summed E-state index contributed by atoms with van der Waals surface area (Å²) >= 11 is 0. The van der Waals surface area contributed by atoms with E-state index in [2.05, 4.69) is 11.7 Å². The van der Waals surface area contributed by atoms with Crippen LogP contribution in [0.25, 0.3) is 0 Å². The van der Waals surface area contributed by atoms with Gasteiger partial charge in [-0.1, -0.05) is 26.7 Å². The quantitative estimate of drug-likeness (QED) is 0.504. The second-order valence-electron chi connectivity index (χ2n) is 2.81. The van der Waals surface area contributed by atoms with E-state index in [-0.39, 0.29) is 0 Å². The Hall–Kier alpha value is -0.610. The van der Waals surface area contributed by atoms with Gasteiger partial charge in [-0.05, 0) is 12.8 Å². The van der Waals surface area contributed by atoms with Gasteiger partial charge in [0.05, 0.1) is 6.61 Å². The lowest BCUT2D eigenvalue weighted by atomic mass is 10.4. The highest BCUT2D eigenvalue weighted by atomic mass is 16.5. The summed E-state index contributed by atoms with van der Waals surface area (Å²) in [6.45, 7) is 4.32. The Morgan fingerprint density at radius 2 is 1.71 bits per heavy atom. The number of carbonyl (C=O) groups excluding carboxylic acids is 1. The van der Waals surface area contributed by atoms with E-state index in [0.29, 0.717) is 13.2 Å². The maximum absolute atomic E-state index is 10.2. The minimum absolute atomic E-state index is 0.344. The Balaban J connectivity index is 0. The predicted molar refractivity (Wildman–Crippen MR) is 54.9 cm³/mol. The molecule has 0 radical (unpaired) electrons. The lowest BCUT2D eigenvalue weighted by molar-refractivity contribution is -0.146. The van der Waals surface area contributed by atoms with Gasteiger partial charge in [-0.3, -0.25) is 0 Å². The number of aliphatic hydroxyl groups excluding tert-OH is 2. The summed E-state index contributed by atoms with van der Waals surface area (Å²) < 4.78 is 4.54. The Morgan fingerprint density at radius 1 is 1.14 bits per heavy atom. The van der Waals surface area contributed by atoms with E-state index in [0.717, 1.165) is 25.7 Å². The van der Waals surface area contributed by atoms with Crippen molar-refractivity contribution in [3.8, 4) is 0 Å². The van der Waals surface area contributed by atoms with Crippen LogP contribution < -0.4 is 0 Å². The molecule has 0 saturated heterocycles. The molecule has 4 nitrogen and oxygen atoms in total. The van der Waals surface area contributed by atoms with Gasteiger partial charge in [0.2, 0.25) is 0 Å². The molecule has 2 N–H and O–H groups in total. The van der Waals surface area contributed by atoms with E-state index in [1.807, 2.05) is 6.92 Å². The number of hydrogen-bond donors (Lipinski definition) is 2. The average molecular weight is 206 g/mol. The Labute approximate surface area is 85.9 Å². The van der Waals surface area contributed by atoms with Crippen LogP contribution in [0.5, 0.6) is 0 Å². The maximum atomic E-state index is 10.2. The summed E-state index contributed by atoms with van der Waals surface area (Å²) in [4.78, 5) is 10.2. The van der Waals surface area contributed by atoms with Gasteiger partial charge in [-0.15, -0.1) is 0 Å². The van der Waals surface area contributed by atoms with Crippen LogP contribution in [0.4, 0.5) is 0 Å². The van der Waals surface area contributed by atoms with E-state index < -0.39 is 12.6 Å². The zero-order valence-corrected chi connectivity index (χ0v) is 9.16. The monoisotopic (exact) mass is 206 g/mol. The van der Waals surface area contributed by atoms with Crippen LogP contribution >= 0.6 is 0 Å². The van der Waals surface area contributed by atoms with Gasteiger partial charge in [-0.25, -0.2) is 4.79 Å². The fraction of sp³-hybridized carbons (Fsp3) is 0.900. The third-order valence-corrected chi connectivity index (χ3v) is 1.40. The third-order valence-electron chi connectivity index (χ3n) is 1.40. The van der Waals surface area contributed by atoms with Crippen LogP contribution in [0.1, 0.15) is 39.5 Å². The number of unbranched alkanes of at least 4 members (excludes halogenated alkanes) is 2. The fourth-order valence-corrected chi connectivity index (χ4v) is 0.534. The Morgan fingerprint density at radius 3 is 2.00 bits per heavy atom. The summed E-state index contributed by atoms with van der Waals surface area (Å²) in [6, 6.07) is 0. The molecular formula is C10H22O4. The van der Waals surface area contributed by atoms with Crippen molar-refractivity contribution < 1.29 is 19.7 Å². The Kier molecular flexibility index (Phi) is 16.9. The molecule has 0 spiro atoms. The number of ether oxygens (including phenoxy) is 1. The summed E-state index contributed by atoms with van der Waals surface area (Å²) in [5.41, 5.74) is 0. The standard InChI is InChI=1S/C6H12O3.C4H10O/c1-2-3-4-9-6(8)5-7;1-2-3-4-5/h7H,2-5H2,1H3;5H,2-4H2,1H3. The van der Waals surface area contributed by atoms with Crippen LogP contribution in [0.3, 0.4) is 0 Å². The molecule has 0 atom stereocenters. The third kappa shape index (κ3) is 17.5. The number of aliphatic hydroxyl groups is 2. The molecule has 0 aromatic carbocycles. The summed E-state index contributed by atoms with van der Waals surface area (Å²) in [5.74, 6) is -0.538. The van der Waals surface area contributed by atoms with Crippen molar-refractivity contribution in [3.05, 3.63) is 0 Å². The fourth-order valence-electron chi connectivity index (χ4n) is 0.534. The molecule has 14 heavy (non-hydrogen) atoms. The molecule has 0 aliphatic heterocycles. The van der Waals surface area contributed by atoms with Crippen LogP contribution in [-0.4, -0.2) is 36.0 Å². The molecule has 86 valence electrons. The molecule has 0 aromatic heterocycles. The van der Waals surface area contributed by atoms with Crippen molar-refractivity contribution in [1.82, 2.24) is 0 Å². The van der Waals surface area contributed by atoms with Crippen LogP contribution in [0, 0.1) is 0 Å². The molecule has 0 aliphatic rings. The number of esters is 1. The van der Waals surface area contributed by atoms with Gasteiger partial charge in [0.25, 0.3) is 0 Å². The molecule has 0 amide bonds. The summed E-state index contributed by atoms with van der Waals surface area (Å²) in [7, 11) is 0. The van der Waals surface area contributed by atoms with Crippen molar-refractivity contribution in [2.75, 3.05) is 19.8 Å². The molecule has 0 aromatic rings. The van der Waals surface area contributed by atoms with E-state index in [1.54, 1.807) is 0 Å². The first kappa shape index (κ1) is 15.8. The highest BCUT2D eigenvalue weighted by molar-refractivity contribution is 5.70. The lowest BCUT2D eigenvalue weighted by Gasteiger charge is -1.98. The van der Waals surface area contributed by atoms with Gasteiger partial charge in [-0.2, -0.15) is 0 Å². The van der Waals surface area contributed by atoms with Crippen LogP contribution in [0.2, 0.25) is 0 Å². The molecular weight excluding hydrogens is 184 g/mol. The topological polar surface area (TPSA) is 66.8 Å². The molecule has 0 saturated carbocycles. The van der Waals surface area contributed by atoms with Gasteiger partial charge in [0.15, 0.2) is 0 Å². The van der Waals surface area contributed by atoms with E-state index >= 15 is 0 Å². The highest BCUT2D eigenvalue weighted by Crippen LogP contribution is 1.87. The van der Waals surface area contributed by atoms with E-state index in [9.17, 15) is 4.79 Å². The second kappa shape index (κ2) is 14.9. The minimum Gasteiger partial charge on any atom is -0.464 e. The zero-order valence-electron chi connectivity index (χ0n) is 9.16. The summed E-state index contributed by atoms with van der Waals surface area (Å²) in [6.07, 6.45) is 3.90. The zero-order chi connectivity index (χ0) is 11.2. The molecule has 0 fully saturated rings. The Bertz CT molecular complexity index is 113. The van der Waals surface area contributed by atoms with Crippen LogP contribution in [0.15, 0.2) is 0 Å². The van der Waals surface area contributed by atoms with Gasteiger partial charge < -0.3 is 14.9 Å². The first-order valence-corrected chi connectivity index (χ1v) is 5.10. The largest absolute Gasteiger partial charge is 0.464 e. The highest BCUT2D eigenvalue weighted by Gasteiger charge is 1.95. The van der Waals surface area contributed by atoms with Crippen molar-refractivity contribution >= 4 is 5.97 Å². The molecule has 4 heteroatoms. The van der Waals surface area contributed by atoms with Crippen molar-refractivity contribution in [1.29, 1.82) is 0 Å².